The summed E-state index contributed by atoms with van der Waals surface area (Å²) in [5.41, 5.74) is 2.03. The number of hydrogen-bond acceptors (Lipinski definition) is 1. The molecule has 0 aromatic carbocycles. The van der Waals surface area contributed by atoms with Gasteiger partial charge in [-0.3, -0.25) is 0 Å². The highest BCUT2D eigenvalue weighted by Crippen LogP contribution is 2.07. The molecule has 0 saturated heterocycles. The van der Waals surface area contributed by atoms with E-state index in [2.05, 4.69) is 11.9 Å². The molecule has 0 bridgehead atoms. The molecule has 0 unspecified atom stereocenters. The fraction of sp³-hybridized carbons (Fsp3) is 0.0909. The van der Waals surface area contributed by atoms with E-state index in [-0.39, 0.29) is 0 Å². The molecule has 1 rings (SSSR count). The van der Waals surface area contributed by atoms with E-state index < -0.39 is 0 Å². The van der Waals surface area contributed by atoms with Crippen molar-refractivity contribution in [3.8, 4) is 0 Å². The predicted octanol–water partition coefficient (Wildman–Crippen LogP) is 2.68. The molecule has 12 heavy (non-hydrogen) atoms. The van der Waals surface area contributed by atoms with Crippen LogP contribution in [0.4, 0.5) is 0 Å². The molecular weight excluding hydrogens is 146 g/mol. The lowest BCUT2D eigenvalue weighted by atomic mass is 10.2. The Morgan fingerprint density at radius 2 is 2.25 bits per heavy atom. The quantitative estimate of drug-likeness (QED) is 0.611. The van der Waals surface area contributed by atoms with Crippen LogP contribution in [0, 0.1) is 0 Å². The molecule has 1 nitrogen and oxygen atoms in total. The first kappa shape index (κ1) is 8.60. The van der Waals surface area contributed by atoms with E-state index in [0.717, 1.165) is 11.3 Å². The van der Waals surface area contributed by atoms with Crippen LogP contribution in [0.2, 0.25) is 0 Å². The van der Waals surface area contributed by atoms with E-state index in [1.165, 1.54) is 0 Å². The summed E-state index contributed by atoms with van der Waals surface area (Å²) in [6.07, 6.45) is 13.8. The van der Waals surface area contributed by atoms with Gasteiger partial charge in [-0.05, 0) is 24.6 Å². The van der Waals surface area contributed by atoms with Gasteiger partial charge in [-0.15, -0.1) is 0 Å². The molecule has 1 aliphatic rings. The number of rotatable bonds is 2. The monoisotopic (exact) mass is 159 g/mol. The Labute approximate surface area is 73.5 Å². The van der Waals surface area contributed by atoms with Crippen LogP contribution in [-0.2, 0) is 0 Å². The van der Waals surface area contributed by atoms with Crippen molar-refractivity contribution >= 4 is 0 Å². The van der Waals surface area contributed by atoms with E-state index in [9.17, 15) is 0 Å². The van der Waals surface area contributed by atoms with Crippen LogP contribution < -0.4 is 5.32 Å². The van der Waals surface area contributed by atoms with E-state index in [4.69, 9.17) is 0 Å². The molecule has 0 atom stereocenters. The summed E-state index contributed by atoms with van der Waals surface area (Å²) in [4.78, 5) is 0. The van der Waals surface area contributed by atoms with Crippen molar-refractivity contribution in [2.45, 2.75) is 6.92 Å². The van der Waals surface area contributed by atoms with Gasteiger partial charge in [-0.25, -0.2) is 0 Å². The second-order valence-corrected chi connectivity index (χ2v) is 2.49. The standard InChI is InChI=1S/C11H13N/c1-3-7-10(2)11-8-5-4-6-9-12-11/h3-9,12H,2H2,1H3. The molecule has 0 aromatic heterocycles. The maximum atomic E-state index is 3.92. The lowest BCUT2D eigenvalue weighted by molar-refractivity contribution is 1.09. The van der Waals surface area contributed by atoms with Gasteiger partial charge in [0.1, 0.15) is 0 Å². The molecule has 1 N–H and O–H groups in total. The van der Waals surface area contributed by atoms with Gasteiger partial charge in [0.2, 0.25) is 0 Å². The minimum absolute atomic E-state index is 0.994. The highest BCUT2D eigenvalue weighted by molar-refractivity contribution is 5.40. The second-order valence-electron chi connectivity index (χ2n) is 2.49. The highest BCUT2D eigenvalue weighted by Gasteiger charge is 1.95. The van der Waals surface area contributed by atoms with Gasteiger partial charge in [-0.1, -0.05) is 30.9 Å². The second kappa shape index (κ2) is 4.39. The van der Waals surface area contributed by atoms with Crippen LogP contribution >= 0.6 is 0 Å². The maximum Gasteiger partial charge on any atom is 0.0447 e. The lowest BCUT2D eigenvalue weighted by Crippen LogP contribution is -2.04. The smallest absolute Gasteiger partial charge is 0.0447 e. The van der Waals surface area contributed by atoms with E-state index in [0.29, 0.717) is 0 Å². The third kappa shape index (κ3) is 2.27. The Bertz CT molecular complexity index is 277. The maximum absolute atomic E-state index is 3.92. The summed E-state index contributed by atoms with van der Waals surface area (Å²) < 4.78 is 0. The van der Waals surface area contributed by atoms with Crippen molar-refractivity contribution in [1.82, 2.24) is 5.32 Å². The Morgan fingerprint density at radius 1 is 1.42 bits per heavy atom. The number of allylic oxidation sites excluding steroid dienone is 6. The van der Waals surface area contributed by atoms with Gasteiger partial charge < -0.3 is 5.32 Å². The largest absolute Gasteiger partial charge is 0.361 e. The molecule has 1 aliphatic heterocycles. The lowest BCUT2D eigenvalue weighted by Gasteiger charge is -2.04. The number of nitrogens with one attached hydrogen (secondary N) is 1. The van der Waals surface area contributed by atoms with Crippen molar-refractivity contribution in [3.05, 3.63) is 60.5 Å². The first-order valence-electron chi connectivity index (χ1n) is 3.96. The normalized spacial score (nSPS) is 15.6. The minimum Gasteiger partial charge on any atom is -0.361 e. The van der Waals surface area contributed by atoms with Crippen molar-refractivity contribution in [2.24, 2.45) is 0 Å². The van der Waals surface area contributed by atoms with Gasteiger partial charge in [0.05, 0.1) is 0 Å². The van der Waals surface area contributed by atoms with Crippen LogP contribution in [0.5, 0.6) is 0 Å². The molecule has 0 aliphatic carbocycles. The molecule has 1 heterocycles. The van der Waals surface area contributed by atoms with Gasteiger partial charge in [0.15, 0.2) is 0 Å². The van der Waals surface area contributed by atoms with E-state index >= 15 is 0 Å². The molecule has 0 fully saturated rings. The summed E-state index contributed by atoms with van der Waals surface area (Å²) in [7, 11) is 0. The fourth-order valence-corrected chi connectivity index (χ4v) is 0.948. The van der Waals surface area contributed by atoms with Crippen LogP contribution in [0.25, 0.3) is 0 Å². The van der Waals surface area contributed by atoms with Crippen molar-refractivity contribution in [1.29, 1.82) is 0 Å². The number of hydrogen-bond donors (Lipinski definition) is 1. The Morgan fingerprint density at radius 3 is 3.00 bits per heavy atom. The molecule has 62 valence electrons. The average molecular weight is 159 g/mol. The Balaban J connectivity index is 2.75. The average Bonchev–Trinajstić information content (AvgIpc) is 2.32. The summed E-state index contributed by atoms with van der Waals surface area (Å²) >= 11 is 0. The molecule has 0 amide bonds. The molecule has 0 radical (unpaired) electrons. The Hall–Kier alpha value is -1.50. The summed E-state index contributed by atoms with van der Waals surface area (Å²) in [6.45, 7) is 5.90. The van der Waals surface area contributed by atoms with Crippen molar-refractivity contribution in [2.75, 3.05) is 0 Å². The minimum atomic E-state index is 0.994. The van der Waals surface area contributed by atoms with Crippen LogP contribution in [0.3, 0.4) is 0 Å². The van der Waals surface area contributed by atoms with Gasteiger partial charge >= 0.3 is 0 Å². The zero-order chi connectivity index (χ0) is 8.81. The molecular formula is C11H13N. The predicted molar refractivity (Wildman–Crippen MR) is 53.5 cm³/mol. The SMILES string of the molecule is C=C(C=CC)C1=CC=CC=CN1. The fourth-order valence-electron chi connectivity index (χ4n) is 0.948. The third-order valence-electron chi connectivity index (χ3n) is 1.53. The van der Waals surface area contributed by atoms with Gasteiger partial charge in [0, 0.05) is 11.9 Å². The van der Waals surface area contributed by atoms with Crippen LogP contribution in [0.15, 0.2) is 60.5 Å². The molecule has 0 aromatic rings. The third-order valence-corrected chi connectivity index (χ3v) is 1.53. The van der Waals surface area contributed by atoms with Crippen molar-refractivity contribution in [3.63, 3.8) is 0 Å². The van der Waals surface area contributed by atoms with E-state index in [1.54, 1.807) is 0 Å². The summed E-state index contributed by atoms with van der Waals surface area (Å²) in [5.74, 6) is 0. The van der Waals surface area contributed by atoms with Crippen LogP contribution in [0.1, 0.15) is 6.92 Å². The summed E-state index contributed by atoms with van der Waals surface area (Å²) in [6, 6.07) is 0. The molecule has 0 saturated carbocycles. The summed E-state index contributed by atoms with van der Waals surface area (Å²) in [5, 5.41) is 3.13. The topological polar surface area (TPSA) is 12.0 Å². The van der Waals surface area contributed by atoms with Crippen molar-refractivity contribution < 1.29 is 0 Å². The van der Waals surface area contributed by atoms with E-state index in [1.807, 2.05) is 49.6 Å². The molecule has 0 spiro atoms. The first-order valence-corrected chi connectivity index (χ1v) is 3.96. The van der Waals surface area contributed by atoms with Crippen LogP contribution in [-0.4, -0.2) is 0 Å². The Kier molecular flexibility index (Phi) is 3.15. The van der Waals surface area contributed by atoms with Gasteiger partial charge in [0.25, 0.3) is 0 Å². The first-order chi connectivity index (χ1) is 5.84. The zero-order valence-electron chi connectivity index (χ0n) is 7.25. The van der Waals surface area contributed by atoms with Gasteiger partial charge in [-0.2, -0.15) is 0 Å². The molecule has 1 heteroatoms. The highest BCUT2D eigenvalue weighted by atomic mass is 14.8. The zero-order valence-corrected chi connectivity index (χ0v) is 7.25.